The number of anilines is 1. The minimum atomic E-state index is -0.923. The highest BCUT2D eigenvalue weighted by atomic mass is 32.1. The molecule has 1 heterocycles. The van der Waals surface area contributed by atoms with Crippen molar-refractivity contribution in [2.75, 3.05) is 5.32 Å². The molecular formula is C25H26N2O3S. The first kappa shape index (κ1) is 21.3. The van der Waals surface area contributed by atoms with Crippen molar-refractivity contribution in [3.8, 4) is 17.2 Å². The van der Waals surface area contributed by atoms with Crippen LogP contribution in [0.25, 0.3) is 11.1 Å². The summed E-state index contributed by atoms with van der Waals surface area (Å²) in [6, 6.07) is 10.4. The fraction of sp³-hybridized carbons (Fsp3) is 0.400. The van der Waals surface area contributed by atoms with Crippen molar-refractivity contribution in [1.29, 1.82) is 5.26 Å². The Balaban J connectivity index is 1.64. The minimum absolute atomic E-state index is 0.0688. The Bertz CT molecular complexity index is 1090. The summed E-state index contributed by atoms with van der Waals surface area (Å²) in [6.45, 7) is 6.21. The average Bonchev–Trinajstić information content (AvgIpc) is 3.08. The number of allylic oxidation sites excluding steroid dienone is 2. The predicted molar refractivity (Wildman–Crippen MR) is 122 cm³/mol. The molecule has 1 aromatic carbocycles. The zero-order valence-corrected chi connectivity index (χ0v) is 18.7. The number of nitrogens with zero attached hydrogens (tertiary/aromatic N) is 1. The molecule has 0 aliphatic heterocycles. The smallest absolute Gasteiger partial charge is 0.307 e. The van der Waals surface area contributed by atoms with E-state index < -0.39 is 17.8 Å². The number of carboxylic acids is 1. The number of nitrogens with one attached hydrogen (secondary N) is 1. The van der Waals surface area contributed by atoms with Crippen LogP contribution in [-0.2, 0) is 9.59 Å². The summed E-state index contributed by atoms with van der Waals surface area (Å²) in [5.41, 5.74) is 3.44. The van der Waals surface area contributed by atoms with Gasteiger partial charge in [-0.25, -0.2) is 0 Å². The van der Waals surface area contributed by atoms with Gasteiger partial charge in [0.05, 0.1) is 17.4 Å². The number of aryl methyl sites for hydroxylation is 1. The summed E-state index contributed by atoms with van der Waals surface area (Å²) in [5, 5.41) is 23.1. The highest BCUT2D eigenvalue weighted by Crippen LogP contribution is 2.46. The third-order valence-electron chi connectivity index (χ3n) is 6.64. The maximum absolute atomic E-state index is 13.2. The van der Waals surface area contributed by atoms with Crippen molar-refractivity contribution in [2.24, 2.45) is 23.7 Å². The molecule has 5 rings (SSSR count). The number of carbonyl (C=O) groups excluding carboxylic acids is 1. The predicted octanol–water partition coefficient (Wildman–Crippen LogP) is 5.57. The standard InChI is InChI=1S/C25H26N2O3S/c1-13(2)15-4-6-16(7-5-15)20-14(3)31-24(19(20)12-26)27-23(28)21-17-8-10-18(11-9-17)22(21)25(29)30/h4-8,10,13,17-18,21-22H,9,11H2,1-3H3,(H,27,28)(H,29,30)/t17-,18-,21-,22-/m0/s1. The lowest BCUT2D eigenvalue weighted by molar-refractivity contribution is -0.151. The largest absolute Gasteiger partial charge is 0.481 e. The van der Waals surface area contributed by atoms with Gasteiger partial charge < -0.3 is 10.4 Å². The van der Waals surface area contributed by atoms with Gasteiger partial charge in [-0.05, 0) is 48.6 Å². The first-order valence-corrected chi connectivity index (χ1v) is 11.5. The van der Waals surface area contributed by atoms with Gasteiger partial charge in [-0.2, -0.15) is 5.26 Å². The summed E-state index contributed by atoms with van der Waals surface area (Å²) < 4.78 is 0. The average molecular weight is 435 g/mol. The van der Waals surface area contributed by atoms with Crippen LogP contribution in [0.4, 0.5) is 5.00 Å². The number of fused-ring (bicyclic) bond motifs is 2. The first-order chi connectivity index (χ1) is 14.8. The molecule has 0 saturated heterocycles. The van der Waals surface area contributed by atoms with Crippen molar-refractivity contribution < 1.29 is 14.7 Å². The highest BCUT2D eigenvalue weighted by molar-refractivity contribution is 7.17. The zero-order chi connectivity index (χ0) is 22.3. The van der Waals surface area contributed by atoms with Crippen LogP contribution < -0.4 is 5.32 Å². The van der Waals surface area contributed by atoms with Gasteiger partial charge in [-0.3, -0.25) is 9.59 Å². The number of amides is 1. The molecule has 31 heavy (non-hydrogen) atoms. The highest BCUT2D eigenvalue weighted by Gasteiger charge is 2.48. The number of hydrogen-bond acceptors (Lipinski definition) is 4. The molecule has 3 aliphatic carbocycles. The van der Waals surface area contributed by atoms with Gasteiger partial charge in [-0.1, -0.05) is 50.3 Å². The van der Waals surface area contributed by atoms with Gasteiger partial charge in [0.25, 0.3) is 0 Å². The van der Waals surface area contributed by atoms with E-state index in [1.54, 1.807) is 0 Å². The quantitative estimate of drug-likeness (QED) is 0.602. The number of thiophene rings is 1. The lowest BCUT2D eigenvalue weighted by Gasteiger charge is -2.41. The molecule has 3 aliphatic rings. The molecule has 2 aromatic rings. The Morgan fingerprint density at radius 3 is 2.26 bits per heavy atom. The number of carboxylic acid groups (broad SMARTS) is 1. The molecule has 6 heteroatoms. The fourth-order valence-corrected chi connectivity index (χ4v) is 6.03. The number of benzene rings is 1. The Hall–Kier alpha value is -2.91. The summed E-state index contributed by atoms with van der Waals surface area (Å²) >= 11 is 1.37. The summed E-state index contributed by atoms with van der Waals surface area (Å²) in [5.74, 6) is -2.29. The van der Waals surface area contributed by atoms with Crippen LogP contribution in [0.3, 0.4) is 0 Å². The number of carbonyl (C=O) groups is 2. The van der Waals surface area contributed by atoms with Gasteiger partial charge >= 0.3 is 5.97 Å². The van der Waals surface area contributed by atoms with Crippen molar-refractivity contribution in [1.82, 2.24) is 0 Å². The van der Waals surface area contributed by atoms with E-state index in [1.807, 2.05) is 31.2 Å². The van der Waals surface area contributed by atoms with Gasteiger partial charge in [-0.15, -0.1) is 11.3 Å². The number of aliphatic carboxylic acids is 1. The van der Waals surface area contributed by atoms with Crippen LogP contribution in [0.15, 0.2) is 36.4 Å². The van der Waals surface area contributed by atoms with E-state index >= 15 is 0 Å². The van der Waals surface area contributed by atoms with E-state index in [2.05, 4.69) is 37.4 Å². The molecule has 2 bridgehead atoms. The summed E-state index contributed by atoms with van der Waals surface area (Å²) in [7, 11) is 0. The van der Waals surface area contributed by atoms with Crippen LogP contribution in [0, 0.1) is 41.9 Å². The molecule has 0 spiro atoms. The number of hydrogen-bond donors (Lipinski definition) is 2. The van der Waals surface area contributed by atoms with Crippen LogP contribution in [0.5, 0.6) is 0 Å². The van der Waals surface area contributed by atoms with Gasteiger partial charge in [0.1, 0.15) is 11.1 Å². The third kappa shape index (κ3) is 3.79. The lowest BCUT2D eigenvalue weighted by Crippen LogP contribution is -2.47. The van der Waals surface area contributed by atoms with E-state index in [0.29, 0.717) is 16.5 Å². The maximum atomic E-state index is 13.2. The molecule has 1 saturated carbocycles. The van der Waals surface area contributed by atoms with Crippen LogP contribution >= 0.6 is 11.3 Å². The Morgan fingerprint density at radius 1 is 1.13 bits per heavy atom. The van der Waals surface area contributed by atoms with Crippen molar-refractivity contribution in [3.05, 3.63) is 52.4 Å². The maximum Gasteiger partial charge on any atom is 0.307 e. The molecule has 1 amide bonds. The van der Waals surface area contributed by atoms with Crippen molar-refractivity contribution in [2.45, 2.75) is 39.5 Å². The molecule has 4 atom stereocenters. The normalized spacial score (nSPS) is 24.2. The van der Waals surface area contributed by atoms with E-state index in [4.69, 9.17) is 0 Å². The van der Waals surface area contributed by atoms with E-state index in [9.17, 15) is 20.0 Å². The van der Waals surface area contributed by atoms with Crippen molar-refractivity contribution in [3.63, 3.8) is 0 Å². The first-order valence-electron chi connectivity index (χ1n) is 10.7. The van der Waals surface area contributed by atoms with Crippen LogP contribution in [-0.4, -0.2) is 17.0 Å². The lowest BCUT2D eigenvalue weighted by atomic mass is 9.62. The SMILES string of the molecule is Cc1sc(NC(=O)[C@@H]2[C@@H](C(=O)O)[C@H]3C=C[C@H]2CC3)c(C#N)c1-c1ccc(C(C)C)cc1. The molecule has 1 fully saturated rings. The zero-order valence-electron chi connectivity index (χ0n) is 17.9. The van der Waals surface area contributed by atoms with E-state index in [0.717, 1.165) is 28.8 Å². The third-order valence-corrected chi connectivity index (χ3v) is 7.66. The Morgan fingerprint density at radius 2 is 1.74 bits per heavy atom. The van der Waals surface area contributed by atoms with Crippen molar-refractivity contribution >= 4 is 28.2 Å². The van der Waals surface area contributed by atoms with E-state index in [1.165, 1.54) is 16.9 Å². The molecule has 0 radical (unpaired) electrons. The van der Waals surface area contributed by atoms with Crippen LogP contribution in [0.2, 0.25) is 0 Å². The fourth-order valence-electron chi connectivity index (χ4n) is 5.01. The van der Waals surface area contributed by atoms with Gasteiger partial charge in [0.2, 0.25) is 5.91 Å². The summed E-state index contributed by atoms with van der Waals surface area (Å²) in [4.78, 5) is 26.0. The van der Waals surface area contributed by atoms with Gasteiger partial charge in [0, 0.05) is 10.4 Å². The molecule has 1 aromatic heterocycles. The minimum Gasteiger partial charge on any atom is -0.481 e. The number of rotatable bonds is 5. The molecule has 2 N–H and O–H groups in total. The second-order valence-corrected chi connectivity index (χ2v) is 10.0. The summed E-state index contributed by atoms with van der Waals surface area (Å²) in [6.07, 6.45) is 5.57. The Kier molecular flexibility index (Phi) is 5.72. The molecule has 0 unspecified atom stereocenters. The number of nitriles is 1. The Labute approximate surface area is 186 Å². The molecule has 160 valence electrons. The van der Waals surface area contributed by atoms with Gasteiger partial charge in [0.15, 0.2) is 0 Å². The molecular weight excluding hydrogens is 408 g/mol. The second kappa shape index (κ2) is 8.32. The van der Waals surface area contributed by atoms with Crippen LogP contribution in [0.1, 0.15) is 48.6 Å². The van der Waals surface area contributed by atoms with E-state index in [-0.39, 0.29) is 17.7 Å². The second-order valence-electron chi connectivity index (χ2n) is 8.79. The topological polar surface area (TPSA) is 90.2 Å². The molecule has 5 nitrogen and oxygen atoms in total. The monoisotopic (exact) mass is 434 g/mol.